The monoisotopic (exact) mass is 370 g/mol. The molecule has 0 radical (unpaired) electrons. The molecule has 0 bridgehead atoms. The SMILES string of the molecule is COCOc1cc(B2OC(C)(C)C(C)(C)O2)c2c(ccc3ccsc32)c1. The van der Waals surface area contributed by atoms with Gasteiger partial charge in [-0.05, 0) is 72.9 Å². The fourth-order valence-corrected chi connectivity index (χ4v) is 4.23. The van der Waals surface area contributed by atoms with Crippen LogP contribution in [0.25, 0.3) is 20.9 Å². The van der Waals surface area contributed by atoms with Crippen molar-refractivity contribution in [1.29, 1.82) is 0 Å². The minimum Gasteiger partial charge on any atom is -0.468 e. The van der Waals surface area contributed by atoms with Gasteiger partial charge in [0.15, 0.2) is 6.79 Å². The number of ether oxygens (including phenoxy) is 2. The lowest BCUT2D eigenvalue weighted by Crippen LogP contribution is -2.41. The van der Waals surface area contributed by atoms with E-state index < -0.39 is 18.3 Å². The van der Waals surface area contributed by atoms with E-state index in [1.54, 1.807) is 18.4 Å². The Hall–Kier alpha value is -1.60. The van der Waals surface area contributed by atoms with Crippen molar-refractivity contribution in [3.8, 4) is 5.75 Å². The summed E-state index contributed by atoms with van der Waals surface area (Å²) in [6.45, 7) is 8.49. The summed E-state index contributed by atoms with van der Waals surface area (Å²) in [7, 11) is 1.17. The molecule has 1 fully saturated rings. The van der Waals surface area contributed by atoms with Crippen LogP contribution in [0.2, 0.25) is 0 Å². The number of thiophene rings is 1. The van der Waals surface area contributed by atoms with Crippen molar-refractivity contribution in [3.63, 3.8) is 0 Å². The maximum absolute atomic E-state index is 6.34. The summed E-state index contributed by atoms with van der Waals surface area (Å²) < 4.78 is 24.7. The first-order chi connectivity index (χ1) is 12.3. The Morgan fingerprint density at radius 1 is 1.00 bits per heavy atom. The summed E-state index contributed by atoms with van der Waals surface area (Å²) in [5.41, 5.74) is 0.216. The van der Waals surface area contributed by atoms with Crippen LogP contribution in [0.4, 0.5) is 0 Å². The maximum atomic E-state index is 6.34. The van der Waals surface area contributed by atoms with Crippen LogP contribution in [-0.4, -0.2) is 32.2 Å². The molecule has 136 valence electrons. The van der Waals surface area contributed by atoms with Gasteiger partial charge >= 0.3 is 7.12 Å². The molecule has 6 heteroatoms. The van der Waals surface area contributed by atoms with Gasteiger partial charge in [-0.25, -0.2) is 0 Å². The maximum Gasteiger partial charge on any atom is 0.495 e. The van der Waals surface area contributed by atoms with E-state index in [-0.39, 0.29) is 6.79 Å². The van der Waals surface area contributed by atoms with Crippen LogP contribution in [0.15, 0.2) is 35.7 Å². The third-order valence-corrected chi connectivity index (χ3v) is 6.34. The Balaban J connectivity index is 1.92. The third kappa shape index (κ3) is 2.81. The lowest BCUT2D eigenvalue weighted by atomic mass is 9.75. The van der Waals surface area contributed by atoms with Gasteiger partial charge in [0.05, 0.1) is 11.2 Å². The Bertz CT molecular complexity index is 947. The Kier molecular flexibility index (Phi) is 4.27. The number of benzene rings is 2. The zero-order valence-corrected chi connectivity index (χ0v) is 16.6. The van der Waals surface area contributed by atoms with Crippen LogP contribution in [0.5, 0.6) is 5.75 Å². The second-order valence-electron chi connectivity index (χ2n) is 7.65. The van der Waals surface area contributed by atoms with Gasteiger partial charge in [0.25, 0.3) is 0 Å². The van der Waals surface area contributed by atoms with E-state index in [1.165, 1.54) is 15.5 Å². The van der Waals surface area contributed by atoms with Crippen LogP contribution < -0.4 is 10.2 Å². The van der Waals surface area contributed by atoms with Crippen LogP contribution >= 0.6 is 11.3 Å². The number of rotatable bonds is 4. The van der Waals surface area contributed by atoms with E-state index in [2.05, 4.69) is 51.3 Å². The van der Waals surface area contributed by atoms with E-state index in [1.807, 2.05) is 12.1 Å². The molecule has 0 saturated carbocycles. The number of fused-ring (bicyclic) bond motifs is 3. The smallest absolute Gasteiger partial charge is 0.468 e. The minimum atomic E-state index is -0.443. The molecule has 0 N–H and O–H groups in total. The molecule has 2 heterocycles. The van der Waals surface area contributed by atoms with Gasteiger partial charge in [0, 0.05) is 11.8 Å². The summed E-state index contributed by atoms with van der Waals surface area (Å²) >= 11 is 1.74. The van der Waals surface area contributed by atoms with Crippen molar-refractivity contribution in [1.82, 2.24) is 0 Å². The lowest BCUT2D eigenvalue weighted by molar-refractivity contribution is 0.00578. The molecular weight excluding hydrogens is 347 g/mol. The normalized spacial score (nSPS) is 18.7. The van der Waals surface area contributed by atoms with Gasteiger partial charge < -0.3 is 18.8 Å². The molecule has 26 heavy (non-hydrogen) atoms. The molecule has 0 unspecified atom stereocenters. The first-order valence-corrected chi connectivity index (χ1v) is 9.61. The van der Waals surface area contributed by atoms with Gasteiger partial charge in [-0.1, -0.05) is 12.1 Å². The lowest BCUT2D eigenvalue weighted by Gasteiger charge is -2.32. The standard InChI is InChI=1S/C20H23BO4S/c1-19(2)20(3,4)25-21(24-19)16-11-15(23-12-22-5)10-14-7-6-13-8-9-26-18(13)17(14)16/h6-11H,12H2,1-5H3. The van der Waals surface area contributed by atoms with Crippen molar-refractivity contribution in [2.24, 2.45) is 0 Å². The van der Waals surface area contributed by atoms with Crippen molar-refractivity contribution >= 4 is 44.8 Å². The quantitative estimate of drug-likeness (QED) is 0.506. The molecule has 1 aliphatic heterocycles. The summed E-state index contributed by atoms with van der Waals surface area (Å²) in [6.07, 6.45) is 0. The summed E-state index contributed by atoms with van der Waals surface area (Å²) in [5.74, 6) is 0.750. The first-order valence-electron chi connectivity index (χ1n) is 8.74. The molecule has 3 aromatic rings. The van der Waals surface area contributed by atoms with Crippen molar-refractivity contribution < 1.29 is 18.8 Å². The van der Waals surface area contributed by atoms with Crippen molar-refractivity contribution in [3.05, 3.63) is 35.7 Å². The summed E-state index contributed by atoms with van der Waals surface area (Å²) in [4.78, 5) is 0. The molecule has 0 atom stereocenters. The molecular formula is C20H23BO4S. The van der Waals surface area contributed by atoms with E-state index in [9.17, 15) is 0 Å². The third-order valence-electron chi connectivity index (χ3n) is 5.39. The van der Waals surface area contributed by atoms with Crippen LogP contribution in [-0.2, 0) is 14.0 Å². The highest BCUT2D eigenvalue weighted by molar-refractivity contribution is 7.18. The molecule has 0 amide bonds. The molecule has 4 nitrogen and oxygen atoms in total. The molecule has 4 rings (SSSR count). The van der Waals surface area contributed by atoms with E-state index in [0.29, 0.717) is 0 Å². The zero-order chi connectivity index (χ0) is 18.5. The van der Waals surface area contributed by atoms with E-state index in [0.717, 1.165) is 16.6 Å². The predicted molar refractivity (Wildman–Crippen MR) is 108 cm³/mol. The zero-order valence-electron chi connectivity index (χ0n) is 15.8. The van der Waals surface area contributed by atoms with Gasteiger partial charge in [-0.15, -0.1) is 11.3 Å². The topological polar surface area (TPSA) is 36.9 Å². The summed E-state index contributed by atoms with van der Waals surface area (Å²) in [6, 6.07) is 10.5. The highest BCUT2D eigenvalue weighted by atomic mass is 32.1. The molecule has 0 aliphatic carbocycles. The molecule has 1 aliphatic rings. The average Bonchev–Trinajstić information content (AvgIpc) is 3.14. The van der Waals surface area contributed by atoms with Crippen molar-refractivity contribution in [2.45, 2.75) is 38.9 Å². The summed E-state index contributed by atoms with van der Waals surface area (Å²) in [5, 5.41) is 5.62. The highest BCUT2D eigenvalue weighted by Gasteiger charge is 2.52. The average molecular weight is 370 g/mol. The number of hydrogen-bond donors (Lipinski definition) is 0. The van der Waals surface area contributed by atoms with E-state index in [4.69, 9.17) is 18.8 Å². The van der Waals surface area contributed by atoms with Crippen molar-refractivity contribution in [2.75, 3.05) is 13.9 Å². The largest absolute Gasteiger partial charge is 0.495 e. The predicted octanol–water partition coefficient (Wildman–Crippen LogP) is 4.34. The number of hydrogen-bond acceptors (Lipinski definition) is 5. The molecule has 1 saturated heterocycles. The second kappa shape index (κ2) is 6.24. The fraction of sp³-hybridized carbons (Fsp3) is 0.400. The minimum absolute atomic E-state index is 0.204. The van der Waals surface area contributed by atoms with Crippen LogP contribution in [0.3, 0.4) is 0 Å². The van der Waals surface area contributed by atoms with Gasteiger partial charge in [-0.2, -0.15) is 0 Å². The number of methoxy groups -OCH3 is 1. The highest BCUT2D eigenvalue weighted by Crippen LogP contribution is 2.38. The fourth-order valence-electron chi connectivity index (χ4n) is 3.25. The second-order valence-corrected chi connectivity index (χ2v) is 8.57. The Morgan fingerprint density at radius 2 is 1.69 bits per heavy atom. The molecule has 0 spiro atoms. The van der Waals surface area contributed by atoms with Crippen LogP contribution in [0.1, 0.15) is 27.7 Å². The molecule has 2 aromatic carbocycles. The molecule has 1 aromatic heterocycles. The van der Waals surface area contributed by atoms with Crippen LogP contribution in [0, 0.1) is 0 Å². The van der Waals surface area contributed by atoms with Gasteiger partial charge in [0.1, 0.15) is 5.75 Å². The Morgan fingerprint density at radius 3 is 2.38 bits per heavy atom. The Labute approximate surface area is 158 Å². The first kappa shape index (κ1) is 17.8. The van der Waals surface area contributed by atoms with Gasteiger partial charge in [0.2, 0.25) is 0 Å². The van der Waals surface area contributed by atoms with Gasteiger partial charge in [-0.3, -0.25) is 0 Å². The van der Waals surface area contributed by atoms with E-state index >= 15 is 0 Å².